The number of aryl methyl sites for hydroxylation is 1. The highest BCUT2D eigenvalue weighted by Crippen LogP contribution is 2.28. The summed E-state index contributed by atoms with van der Waals surface area (Å²) in [5, 5.41) is 9.25. The van der Waals surface area contributed by atoms with Crippen LogP contribution in [-0.4, -0.2) is 33.7 Å². The van der Waals surface area contributed by atoms with E-state index in [1.54, 1.807) is 0 Å². The first kappa shape index (κ1) is 16.6. The van der Waals surface area contributed by atoms with Gasteiger partial charge in [-0.15, -0.1) is 0 Å². The molecule has 26 heavy (non-hydrogen) atoms. The second-order valence-electron chi connectivity index (χ2n) is 7.01. The minimum atomic E-state index is -0.682. The van der Waals surface area contributed by atoms with Crippen molar-refractivity contribution < 1.29 is 9.90 Å². The minimum Gasteiger partial charge on any atom is -0.481 e. The third-order valence-electron chi connectivity index (χ3n) is 5.35. The van der Waals surface area contributed by atoms with E-state index in [1.807, 2.05) is 18.2 Å². The summed E-state index contributed by atoms with van der Waals surface area (Å²) in [6.07, 6.45) is 1.34. The van der Waals surface area contributed by atoms with Crippen LogP contribution in [0.5, 0.6) is 0 Å². The van der Waals surface area contributed by atoms with E-state index in [-0.39, 0.29) is 5.92 Å². The Labute approximate surface area is 152 Å². The van der Waals surface area contributed by atoms with Gasteiger partial charge in [-0.2, -0.15) is 0 Å². The van der Waals surface area contributed by atoms with Crippen molar-refractivity contribution in [2.45, 2.75) is 26.3 Å². The van der Waals surface area contributed by atoms with Gasteiger partial charge in [0.1, 0.15) is 0 Å². The molecule has 5 heteroatoms. The molecule has 1 aliphatic heterocycles. The Morgan fingerprint density at radius 1 is 1.12 bits per heavy atom. The largest absolute Gasteiger partial charge is 0.481 e. The second kappa shape index (κ2) is 6.83. The van der Waals surface area contributed by atoms with Gasteiger partial charge < -0.3 is 14.6 Å². The zero-order chi connectivity index (χ0) is 18.1. The SMILES string of the molecule is Cc1ccccc1Cn1c(N2CCC(C(=O)O)CC2)nc2ccccc21. The molecule has 0 saturated carbocycles. The van der Waals surface area contributed by atoms with E-state index in [9.17, 15) is 9.90 Å². The fraction of sp³-hybridized carbons (Fsp3) is 0.333. The number of hydrogen-bond acceptors (Lipinski definition) is 3. The van der Waals surface area contributed by atoms with E-state index < -0.39 is 5.97 Å². The smallest absolute Gasteiger partial charge is 0.306 e. The number of piperidine rings is 1. The third kappa shape index (κ3) is 3.05. The molecule has 1 N–H and O–H groups in total. The fourth-order valence-corrected chi connectivity index (χ4v) is 3.74. The van der Waals surface area contributed by atoms with Crippen LogP contribution in [0.4, 0.5) is 5.95 Å². The number of imidazole rings is 1. The van der Waals surface area contributed by atoms with E-state index >= 15 is 0 Å². The Morgan fingerprint density at radius 2 is 1.81 bits per heavy atom. The molecule has 2 aromatic carbocycles. The Hall–Kier alpha value is -2.82. The van der Waals surface area contributed by atoms with E-state index in [0.29, 0.717) is 12.8 Å². The highest BCUT2D eigenvalue weighted by molar-refractivity contribution is 5.79. The lowest BCUT2D eigenvalue weighted by atomic mass is 9.97. The summed E-state index contributed by atoms with van der Waals surface area (Å²) in [5.74, 6) is 0.0248. The van der Waals surface area contributed by atoms with Gasteiger partial charge in [0.15, 0.2) is 0 Å². The lowest BCUT2D eigenvalue weighted by Crippen LogP contribution is -2.37. The molecule has 4 rings (SSSR count). The van der Waals surface area contributed by atoms with Crippen molar-refractivity contribution in [2.24, 2.45) is 5.92 Å². The number of fused-ring (bicyclic) bond motifs is 1. The number of carbonyl (C=O) groups is 1. The van der Waals surface area contributed by atoms with Crippen molar-refractivity contribution in [3.8, 4) is 0 Å². The van der Waals surface area contributed by atoms with E-state index in [4.69, 9.17) is 4.98 Å². The van der Waals surface area contributed by atoms with Gasteiger partial charge in [0.25, 0.3) is 0 Å². The summed E-state index contributed by atoms with van der Waals surface area (Å²) in [4.78, 5) is 18.4. The minimum absolute atomic E-state index is 0.236. The Morgan fingerprint density at radius 3 is 2.54 bits per heavy atom. The van der Waals surface area contributed by atoms with Gasteiger partial charge in [0.05, 0.1) is 23.5 Å². The standard InChI is InChI=1S/C21H23N3O2/c1-15-6-2-3-7-17(15)14-24-19-9-5-4-8-18(19)22-21(24)23-12-10-16(11-13-23)20(25)26/h2-9,16H,10-14H2,1H3,(H,25,26). The molecule has 1 fully saturated rings. The second-order valence-corrected chi connectivity index (χ2v) is 7.01. The number of carboxylic acids is 1. The molecule has 0 bridgehead atoms. The van der Waals surface area contributed by atoms with Gasteiger partial charge in [0, 0.05) is 13.1 Å². The summed E-state index contributed by atoms with van der Waals surface area (Å²) in [5.41, 5.74) is 4.64. The lowest BCUT2D eigenvalue weighted by molar-refractivity contribution is -0.142. The quantitative estimate of drug-likeness (QED) is 0.780. The summed E-state index contributed by atoms with van der Waals surface area (Å²) < 4.78 is 2.26. The van der Waals surface area contributed by atoms with E-state index in [0.717, 1.165) is 36.6 Å². The number of hydrogen-bond donors (Lipinski definition) is 1. The van der Waals surface area contributed by atoms with Gasteiger partial charge in [-0.3, -0.25) is 4.79 Å². The summed E-state index contributed by atoms with van der Waals surface area (Å²) in [6.45, 7) is 4.36. The van der Waals surface area contributed by atoms with Crippen LogP contribution in [0.1, 0.15) is 24.0 Å². The van der Waals surface area contributed by atoms with Crippen molar-refractivity contribution in [1.82, 2.24) is 9.55 Å². The number of anilines is 1. The van der Waals surface area contributed by atoms with Crippen molar-refractivity contribution in [2.75, 3.05) is 18.0 Å². The van der Waals surface area contributed by atoms with Gasteiger partial charge >= 0.3 is 5.97 Å². The predicted octanol–water partition coefficient (Wildman–Crippen LogP) is 3.69. The highest BCUT2D eigenvalue weighted by Gasteiger charge is 2.27. The molecule has 1 aliphatic rings. The molecular formula is C21H23N3O2. The Balaban J connectivity index is 1.71. The molecule has 1 aromatic heterocycles. The van der Waals surface area contributed by atoms with E-state index in [2.05, 4.69) is 46.7 Å². The van der Waals surface area contributed by atoms with Crippen LogP contribution in [0.2, 0.25) is 0 Å². The molecule has 0 unspecified atom stereocenters. The molecular weight excluding hydrogens is 326 g/mol. The van der Waals surface area contributed by atoms with Crippen LogP contribution >= 0.6 is 0 Å². The van der Waals surface area contributed by atoms with Gasteiger partial charge in [0.2, 0.25) is 5.95 Å². The third-order valence-corrected chi connectivity index (χ3v) is 5.35. The number of para-hydroxylation sites is 2. The maximum atomic E-state index is 11.2. The molecule has 0 spiro atoms. The first-order valence-corrected chi connectivity index (χ1v) is 9.11. The zero-order valence-electron chi connectivity index (χ0n) is 14.9. The molecule has 0 radical (unpaired) electrons. The molecule has 1 saturated heterocycles. The number of carboxylic acid groups (broad SMARTS) is 1. The molecule has 2 heterocycles. The van der Waals surface area contributed by atoms with Gasteiger partial charge in [-0.1, -0.05) is 36.4 Å². The van der Waals surface area contributed by atoms with Gasteiger partial charge in [-0.25, -0.2) is 4.98 Å². The summed E-state index contributed by atoms with van der Waals surface area (Å²) in [7, 11) is 0. The number of benzene rings is 2. The monoisotopic (exact) mass is 349 g/mol. The first-order valence-electron chi connectivity index (χ1n) is 9.11. The maximum Gasteiger partial charge on any atom is 0.306 e. The molecule has 134 valence electrons. The maximum absolute atomic E-state index is 11.2. The Bertz CT molecular complexity index is 939. The normalized spacial score (nSPS) is 15.5. The van der Waals surface area contributed by atoms with Crippen LogP contribution < -0.4 is 4.90 Å². The van der Waals surface area contributed by atoms with Gasteiger partial charge in [-0.05, 0) is 43.0 Å². The average Bonchev–Trinajstić information content (AvgIpc) is 3.02. The first-order chi connectivity index (χ1) is 12.6. The van der Waals surface area contributed by atoms with Crippen LogP contribution in [0, 0.1) is 12.8 Å². The van der Waals surface area contributed by atoms with E-state index in [1.165, 1.54) is 11.1 Å². The van der Waals surface area contributed by atoms with Crippen molar-refractivity contribution in [3.63, 3.8) is 0 Å². The number of rotatable bonds is 4. The number of aromatic nitrogens is 2. The van der Waals surface area contributed by atoms with Crippen LogP contribution in [0.25, 0.3) is 11.0 Å². The van der Waals surface area contributed by atoms with Crippen molar-refractivity contribution in [3.05, 3.63) is 59.7 Å². The number of aliphatic carboxylic acids is 1. The van der Waals surface area contributed by atoms with Crippen molar-refractivity contribution in [1.29, 1.82) is 0 Å². The molecule has 3 aromatic rings. The van der Waals surface area contributed by atoms with Crippen molar-refractivity contribution >= 4 is 23.0 Å². The molecule has 5 nitrogen and oxygen atoms in total. The predicted molar refractivity (Wildman–Crippen MR) is 103 cm³/mol. The fourth-order valence-electron chi connectivity index (χ4n) is 3.74. The topological polar surface area (TPSA) is 58.4 Å². The van der Waals surface area contributed by atoms with Crippen LogP contribution in [0.15, 0.2) is 48.5 Å². The average molecular weight is 349 g/mol. The summed E-state index contributed by atoms with van der Waals surface area (Å²) >= 11 is 0. The summed E-state index contributed by atoms with van der Waals surface area (Å²) in [6, 6.07) is 16.6. The molecule has 0 aliphatic carbocycles. The van der Waals surface area contributed by atoms with Crippen LogP contribution in [0.3, 0.4) is 0 Å². The lowest BCUT2D eigenvalue weighted by Gasteiger charge is -2.31. The molecule has 0 atom stereocenters. The zero-order valence-corrected chi connectivity index (χ0v) is 14.9. The number of nitrogens with zero attached hydrogens (tertiary/aromatic N) is 3. The Kier molecular flexibility index (Phi) is 4.37. The highest BCUT2D eigenvalue weighted by atomic mass is 16.4. The van der Waals surface area contributed by atoms with Crippen LogP contribution in [-0.2, 0) is 11.3 Å². The molecule has 0 amide bonds.